The van der Waals surface area contributed by atoms with E-state index in [-0.39, 0.29) is 5.92 Å². The minimum Gasteiger partial charge on any atom is -0.312 e. The van der Waals surface area contributed by atoms with Crippen LogP contribution in [0, 0.1) is 5.92 Å². The van der Waals surface area contributed by atoms with Crippen molar-refractivity contribution in [3.8, 4) is 0 Å². The van der Waals surface area contributed by atoms with Crippen LogP contribution in [-0.4, -0.2) is 14.0 Å². The second-order valence-electron chi connectivity index (χ2n) is 11.8. The average Bonchev–Trinajstić information content (AvgIpc) is 3.68. The lowest BCUT2D eigenvalue weighted by Crippen LogP contribution is -2.24. The van der Waals surface area contributed by atoms with Crippen molar-refractivity contribution in [1.29, 1.82) is 0 Å². The summed E-state index contributed by atoms with van der Waals surface area (Å²) >= 11 is 0. The van der Waals surface area contributed by atoms with Crippen molar-refractivity contribution in [3.63, 3.8) is 0 Å². The van der Waals surface area contributed by atoms with Gasteiger partial charge < -0.3 is 8.97 Å². The number of fused-ring (bicyclic) bond motifs is 13. The Labute approximate surface area is 242 Å². The average molecular weight is 538 g/mol. The summed E-state index contributed by atoms with van der Waals surface area (Å²) in [4.78, 5) is 4.95. The van der Waals surface area contributed by atoms with Crippen LogP contribution >= 0.6 is 0 Å². The van der Waals surface area contributed by atoms with Crippen molar-refractivity contribution in [1.82, 2.24) is 14.0 Å². The fourth-order valence-electron chi connectivity index (χ4n) is 8.25. The minimum atomic E-state index is 0.239. The molecule has 4 heterocycles. The Morgan fingerprint density at radius 1 is 0.667 bits per heavy atom. The maximum atomic E-state index is 4.95. The summed E-state index contributed by atoms with van der Waals surface area (Å²) in [5.41, 5.74) is 11.6. The lowest BCUT2D eigenvalue weighted by Gasteiger charge is -2.35. The summed E-state index contributed by atoms with van der Waals surface area (Å²) in [6.45, 7) is 2.33. The number of aromatic nitrogens is 3. The molecule has 2 atom stereocenters. The van der Waals surface area contributed by atoms with E-state index in [4.69, 9.17) is 4.98 Å². The second-order valence-corrected chi connectivity index (χ2v) is 11.8. The largest absolute Gasteiger partial charge is 0.312 e. The first-order valence-electron chi connectivity index (χ1n) is 15.0. The molecule has 0 aliphatic heterocycles. The van der Waals surface area contributed by atoms with Crippen LogP contribution < -0.4 is 0 Å². The van der Waals surface area contributed by atoms with E-state index < -0.39 is 0 Å². The maximum absolute atomic E-state index is 4.95. The Kier molecular flexibility index (Phi) is 4.28. The van der Waals surface area contributed by atoms with Gasteiger partial charge in [0, 0.05) is 56.0 Å². The number of rotatable bonds is 2. The summed E-state index contributed by atoms with van der Waals surface area (Å²) in [6.07, 6.45) is 12.2. The Morgan fingerprint density at radius 2 is 1.36 bits per heavy atom. The first kappa shape index (κ1) is 22.5. The lowest BCUT2D eigenvalue weighted by molar-refractivity contribution is 0.533. The summed E-state index contributed by atoms with van der Waals surface area (Å²) in [6, 6.07) is 33.5. The van der Waals surface area contributed by atoms with E-state index in [1.807, 2.05) is 6.20 Å². The van der Waals surface area contributed by atoms with E-state index >= 15 is 0 Å². The van der Waals surface area contributed by atoms with Crippen LogP contribution in [0.25, 0.3) is 71.7 Å². The van der Waals surface area contributed by atoms with Crippen molar-refractivity contribution >= 4 is 71.7 Å². The smallest absolute Gasteiger partial charge is 0.0642 e. The fraction of sp³-hybridized carbons (Fsp3) is 0.103. The Morgan fingerprint density at radius 3 is 2.17 bits per heavy atom. The minimum absolute atomic E-state index is 0.239. The monoisotopic (exact) mass is 537 g/mol. The topological polar surface area (TPSA) is 22.2 Å². The van der Waals surface area contributed by atoms with Gasteiger partial charge in [0.25, 0.3) is 0 Å². The van der Waals surface area contributed by atoms with Gasteiger partial charge in [-0.1, -0.05) is 85.8 Å². The Balaban J connectivity index is 1.40. The van der Waals surface area contributed by atoms with Gasteiger partial charge in [-0.05, 0) is 54.0 Å². The van der Waals surface area contributed by atoms with E-state index in [2.05, 4.69) is 131 Å². The summed E-state index contributed by atoms with van der Waals surface area (Å²) < 4.78 is 5.10. The summed E-state index contributed by atoms with van der Waals surface area (Å²) in [5.74, 6) is 0.538. The molecule has 4 aromatic heterocycles. The van der Waals surface area contributed by atoms with Gasteiger partial charge >= 0.3 is 0 Å². The Hall–Kier alpha value is -5.15. The number of hydrogen-bond donors (Lipinski definition) is 0. The van der Waals surface area contributed by atoms with E-state index in [1.54, 1.807) is 0 Å². The van der Waals surface area contributed by atoms with Crippen molar-refractivity contribution in [3.05, 3.63) is 132 Å². The molecule has 3 heteroatoms. The molecule has 0 spiro atoms. The van der Waals surface area contributed by atoms with Crippen LogP contribution in [0.3, 0.4) is 0 Å². The number of hydrogen-bond acceptors (Lipinski definition) is 1. The highest BCUT2D eigenvalue weighted by Gasteiger charge is 2.36. The van der Waals surface area contributed by atoms with E-state index in [0.717, 1.165) is 6.42 Å². The van der Waals surface area contributed by atoms with E-state index in [1.165, 1.54) is 82.4 Å². The molecular weight excluding hydrogens is 510 g/mol. The standard InChI is InChI=1S/C39H27N3/c1-2-25-34(20-19-23-17-18-24-10-9-21-40-37(24)35(23)25)42-32-15-7-4-12-27(32)30-22-29-26-11-3-6-14-31(26)41-33-16-8-5-13-28(33)36(38(29)41)39(30)42/h3-22,25,35H,2H2,1H3. The number of pyridine rings is 1. The molecule has 4 aromatic carbocycles. The molecule has 0 amide bonds. The highest BCUT2D eigenvalue weighted by molar-refractivity contribution is 6.34. The molecule has 0 saturated carbocycles. The number of para-hydroxylation sites is 3. The zero-order valence-electron chi connectivity index (χ0n) is 23.3. The van der Waals surface area contributed by atoms with Gasteiger partial charge in [-0.3, -0.25) is 4.98 Å². The molecule has 0 fully saturated rings. The normalized spacial score (nSPS) is 18.4. The van der Waals surface area contributed by atoms with Crippen LogP contribution in [0.4, 0.5) is 0 Å². The predicted octanol–water partition coefficient (Wildman–Crippen LogP) is 9.96. The van der Waals surface area contributed by atoms with Crippen molar-refractivity contribution in [2.24, 2.45) is 5.92 Å². The number of benzene rings is 4. The van der Waals surface area contributed by atoms with Gasteiger partial charge in [-0.15, -0.1) is 0 Å². The van der Waals surface area contributed by atoms with E-state index in [0.29, 0.717) is 5.92 Å². The zero-order chi connectivity index (χ0) is 27.5. The number of allylic oxidation sites excluding steroid dienone is 5. The van der Waals surface area contributed by atoms with Gasteiger partial charge in [0.2, 0.25) is 0 Å². The van der Waals surface area contributed by atoms with Crippen LogP contribution in [0.1, 0.15) is 30.5 Å². The van der Waals surface area contributed by atoms with Crippen LogP contribution in [0.15, 0.2) is 121 Å². The third kappa shape index (κ3) is 2.65. The van der Waals surface area contributed by atoms with E-state index in [9.17, 15) is 0 Å². The van der Waals surface area contributed by atoms with Gasteiger partial charge in [0.15, 0.2) is 0 Å². The Bertz CT molecular complexity index is 2520. The molecule has 2 unspecified atom stereocenters. The molecule has 0 bridgehead atoms. The van der Waals surface area contributed by atoms with Crippen molar-refractivity contribution in [2.45, 2.75) is 19.3 Å². The third-order valence-electron chi connectivity index (χ3n) is 9.91. The summed E-state index contributed by atoms with van der Waals surface area (Å²) in [7, 11) is 0. The first-order valence-corrected chi connectivity index (χ1v) is 15.0. The quantitative estimate of drug-likeness (QED) is 0.215. The highest BCUT2D eigenvalue weighted by atomic mass is 15.0. The molecular formula is C39H27N3. The molecule has 2 aliphatic carbocycles. The SMILES string of the molecule is CCC1C(n2c3ccccc3c3cc4c5ccccc5n5c6ccccc6c(c32)c45)=CC=C2C=Cc3cccnc3C21. The zero-order valence-corrected chi connectivity index (χ0v) is 23.3. The molecule has 0 saturated heterocycles. The van der Waals surface area contributed by atoms with Gasteiger partial charge in [0.1, 0.15) is 0 Å². The highest BCUT2D eigenvalue weighted by Crippen LogP contribution is 2.51. The van der Waals surface area contributed by atoms with Gasteiger partial charge in [0.05, 0.1) is 33.3 Å². The summed E-state index contributed by atoms with van der Waals surface area (Å²) in [5, 5.41) is 7.92. The van der Waals surface area contributed by atoms with Crippen LogP contribution in [0.5, 0.6) is 0 Å². The van der Waals surface area contributed by atoms with Crippen LogP contribution in [-0.2, 0) is 0 Å². The third-order valence-corrected chi connectivity index (χ3v) is 9.91. The molecule has 10 rings (SSSR count). The second kappa shape index (κ2) is 7.98. The van der Waals surface area contributed by atoms with Crippen molar-refractivity contribution < 1.29 is 0 Å². The molecule has 198 valence electrons. The van der Waals surface area contributed by atoms with Gasteiger partial charge in [-0.25, -0.2) is 0 Å². The fourth-order valence-corrected chi connectivity index (χ4v) is 8.25. The first-order chi connectivity index (χ1) is 20.8. The maximum Gasteiger partial charge on any atom is 0.0642 e. The molecule has 0 radical (unpaired) electrons. The van der Waals surface area contributed by atoms with Crippen LogP contribution in [0.2, 0.25) is 0 Å². The molecule has 0 N–H and O–H groups in total. The number of nitrogens with zero attached hydrogens (tertiary/aromatic N) is 3. The molecule has 8 aromatic rings. The molecule has 2 aliphatic rings. The van der Waals surface area contributed by atoms with Gasteiger partial charge in [-0.2, -0.15) is 0 Å². The molecule has 3 nitrogen and oxygen atoms in total. The molecule has 42 heavy (non-hydrogen) atoms. The lowest BCUT2D eigenvalue weighted by atomic mass is 9.73. The van der Waals surface area contributed by atoms with Crippen molar-refractivity contribution in [2.75, 3.05) is 0 Å². The predicted molar refractivity (Wildman–Crippen MR) is 176 cm³/mol.